The monoisotopic (exact) mass is 236 g/mol. The Balaban J connectivity index is 2.07. The Labute approximate surface area is 99.2 Å². The Hall–Kier alpha value is -1.62. The highest BCUT2D eigenvalue weighted by Crippen LogP contribution is 2.21. The zero-order chi connectivity index (χ0) is 12.3. The average Bonchev–Trinajstić information content (AvgIpc) is 2.76. The number of ether oxygens (including phenoxy) is 1. The molecule has 17 heavy (non-hydrogen) atoms. The molecule has 0 aromatic carbocycles. The average molecular weight is 236 g/mol. The number of H-pyrrole nitrogens is 1. The van der Waals surface area contributed by atoms with Gasteiger partial charge in [-0.05, 0) is 19.3 Å². The van der Waals surface area contributed by atoms with E-state index in [9.17, 15) is 9.59 Å². The summed E-state index contributed by atoms with van der Waals surface area (Å²) in [6.07, 6.45) is 5.87. The number of aromatic amines is 1. The number of carbonyl (C=O) groups is 1. The highest BCUT2D eigenvalue weighted by atomic mass is 16.5. The second-order valence-electron chi connectivity index (χ2n) is 4.21. The third-order valence-electron chi connectivity index (χ3n) is 3.14. The van der Waals surface area contributed by atoms with Gasteiger partial charge in [0.2, 0.25) is 0 Å². The molecule has 2 N–H and O–H groups in total. The van der Waals surface area contributed by atoms with Crippen molar-refractivity contribution in [3.05, 3.63) is 34.2 Å². The summed E-state index contributed by atoms with van der Waals surface area (Å²) in [4.78, 5) is 26.1. The van der Waals surface area contributed by atoms with Crippen molar-refractivity contribution in [1.82, 2.24) is 10.3 Å². The Morgan fingerprint density at radius 2 is 2.35 bits per heavy atom. The van der Waals surface area contributed by atoms with E-state index in [2.05, 4.69) is 10.3 Å². The fourth-order valence-corrected chi connectivity index (χ4v) is 2.21. The second kappa shape index (κ2) is 5.14. The summed E-state index contributed by atoms with van der Waals surface area (Å²) < 4.78 is 5.29. The van der Waals surface area contributed by atoms with Crippen LogP contribution in [0.2, 0.25) is 0 Å². The number of amides is 1. The minimum absolute atomic E-state index is 0.00658. The van der Waals surface area contributed by atoms with Gasteiger partial charge < -0.3 is 15.0 Å². The lowest BCUT2D eigenvalue weighted by Crippen LogP contribution is -2.42. The van der Waals surface area contributed by atoms with Gasteiger partial charge >= 0.3 is 0 Å². The van der Waals surface area contributed by atoms with Crippen LogP contribution in [0.25, 0.3) is 0 Å². The molecule has 1 amide bonds. The van der Waals surface area contributed by atoms with Gasteiger partial charge in [-0.1, -0.05) is 0 Å². The first-order chi connectivity index (χ1) is 8.22. The lowest BCUT2D eigenvalue weighted by molar-refractivity contribution is 0.0721. The van der Waals surface area contributed by atoms with Crippen LogP contribution < -0.4 is 10.7 Å². The SMILES string of the molecule is COC1CCCC1NC(=O)c1c[nH]ccc1=O. The molecule has 1 heterocycles. The molecular formula is C12H16N2O3. The third-order valence-corrected chi connectivity index (χ3v) is 3.14. The molecule has 1 saturated carbocycles. The molecule has 1 aromatic rings. The summed E-state index contributed by atoms with van der Waals surface area (Å²) in [6, 6.07) is 1.35. The Morgan fingerprint density at radius 1 is 1.53 bits per heavy atom. The van der Waals surface area contributed by atoms with Crippen molar-refractivity contribution < 1.29 is 9.53 Å². The molecule has 2 atom stereocenters. The number of hydrogen-bond donors (Lipinski definition) is 2. The number of carbonyl (C=O) groups excluding carboxylic acids is 1. The maximum absolute atomic E-state index is 11.9. The van der Waals surface area contributed by atoms with Gasteiger partial charge in [-0.3, -0.25) is 9.59 Å². The lowest BCUT2D eigenvalue weighted by Gasteiger charge is -2.19. The molecule has 2 unspecified atom stereocenters. The van der Waals surface area contributed by atoms with Crippen LogP contribution in [0.15, 0.2) is 23.3 Å². The number of methoxy groups -OCH3 is 1. The largest absolute Gasteiger partial charge is 0.379 e. The normalized spacial score (nSPS) is 23.6. The zero-order valence-electron chi connectivity index (χ0n) is 9.73. The van der Waals surface area contributed by atoms with Gasteiger partial charge in [-0.25, -0.2) is 0 Å². The predicted octanol–water partition coefficient (Wildman–Crippen LogP) is 0.672. The van der Waals surface area contributed by atoms with Crippen molar-refractivity contribution >= 4 is 5.91 Å². The van der Waals surface area contributed by atoms with Crippen molar-refractivity contribution in [2.75, 3.05) is 7.11 Å². The van der Waals surface area contributed by atoms with Crippen LogP contribution in [0.1, 0.15) is 29.6 Å². The first-order valence-corrected chi connectivity index (χ1v) is 5.73. The summed E-state index contributed by atoms with van der Waals surface area (Å²) >= 11 is 0. The molecule has 5 heteroatoms. The first kappa shape index (κ1) is 11.9. The van der Waals surface area contributed by atoms with Crippen molar-refractivity contribution in [3.63, 3.8) is 0 Å². The summed E-state index contributed by atoms with van der Waals surface area (Å²) in [6.45, 7) is 0. The molecule has 2 rings (SSSR count). The number of rotatable bonds is 3. The topological polar surface area (TPSA) is 71.2 Å². The van der Waals surface area contributed by atoms with E-state index in [0.29, 0.717) is 0 Å². The standard InChI is InChI=1S/C12H16N2O3/c1-17-11-4-2-3-9(11)14-12(16)8-7-13-6-5-10(8)15/h5-7,9,11H,2-4H2,1H3,(H,13,15)(H,14,16). The number of hydrogen-bond acceptors (Lipinski definition) is 3. The van der Waals surface area contributed by atoms with Crippen molar-refractivity contribution in [2.45, 2.75) is 31.4 Å². The third kappa shape index (κ3) is 2.55. The molecule has 1 fully saturated rings. The molecule has 1 aliphatic rings. The molecular weight excluding hydrogens is 220 g/mol. The van der Waals surface area contributed by atoms with Gasteiger partial charge in [0.1, 0.15) is 5.56 Å². The predicted molar refractivity (Wildman–Crippen MR) is 63.0 cm³/mol. The van der Waals surface area contributed by atoms with E-state index in [4.69, 9.17) is 4.74 Å². The maximum Gasteiger partial charge on any atom is 0.257 e. The van der Waals surface area contributed by atoms with Gasteiger partial charge in [-0.2, -0.15) is 0 Å². The van der Waals surface area contributed by atoms with Gasteiger partial charge in [0.15, 0.2) is 5.43 Å². The van der Waals surface area contributed by atoms with Crippen LogP contribution >= 0.6 is 0 Å². The molecule has 0 radical (unpaired) electrons. The quantitative estimate of drug-likeness (QED) is 0.810. The van der Waals surface area contributed by atoms with Crippen molar-refractivity contribution in [2.24, 2.45) is 0 Å². The summed E-state index contributed by atoms with van der Waals surface area (Å²) in [7, 11) is 1.64. The summed E-state index contributed by atoms with van der Waals surface area (Å²) in [5, 5.41) is 2.85. The van der Waals surface area contributed by atoms with Gasteiger partial charge in [0, 0.05) is 25.6 Å². The molecule has 0 bridgehead atoms. The minimum atomic E-state index is -0.333. The van der Waals surface area contributed by atoms with E-state index >= 15 is 0 Å². The van der Waals surface area contributed by atoms with Crippen LogP contribution in [0, 0.1) is 0 Å². The first-order valence-electron chi connectivity index (χ1n) is 5.73. The molecule has 0 aliphatic heterocycles. The fraction of sp³-hybridized carbons (Fsp3) is 0.500. The maximum atomic E-state index is 11.9. The molecule has 5 nitrogen and oxygen atoms in total. The number of aromatic nitrogens is 1. The molecule has 1 aliphatic carbocycles. The van der Waals surface area contributed by atoms with Crippen molar-refractivity contribution in [3.8, 4) is 0 Å². The van der Waals surface area contributed by atoms with Gasteiger partial charge in [0.05, 0.1) is 12.1 Å². The van der Waals surface area contributed by atoms with E-state index in [0.717, 1.165) is 19.3 Å². The van der Waals surface area contributed by atoms with E-state index in [-0.39, 0.29) is 29.0 Å². The number of nitrogens with one attached hydrogen (secondary N) is 2. The van der Waals surface area contributed by atoms with Gasteiger partial charge in [0.25, 0.3) is 5.91 Å². The Bertz CT molecular complexity index is 455. The second-order valence-corrected chi connectivity index (χ2v) is 4.21. The van der Waals surface area contributed by atoms with E-state index in [1.807, 2.05) is 0 Å². The van der Waals surface area contributed by atoms with E-state index < -0.39 is 0 Å². The van der Waals surface area contributed by atoms with Crippen molar-refractivity contribution in [1.29, 1.82) is 0 Å². The molecule has 0 spiro atoms. The van der Waals surface area contributed by atoms with Gasteiger partial charge in [-0.15, -0.1) is 0 Å². The fourth-order valence-electron chi connectivity index (χ4n) is 2.21. The summed E-state index contributed by atoms with van der Waals surface area (Å²) in [5.74, 6) is -0.333. The van der Waals surface area contributed by atoms with E-state index in [1.165, 1.54) is 18.5 Å². The van der Waals surface area contributed by atoms with E-state index in [1.54, 1.807) is 7.11 Å². The smallest absolute Gasteiger partial charge is 0.257 e. The summed E-state index contributed by atoms with van der Waals surface area (Å²) in [5.41, 5.74) is -0.123. The minimum Gasteiger partial charge on any atom is -0.379 e. The zero-order valence-corrected chi connectivity index (χ0v) is 9.73. The molecule has 92 valence electrons. The van der Waals surface area contributed by atoms with Crippen LogP contribution in [-0.4, -0.2) is 30.1 Å². The Morgan fingerprint density at radius 3 is 3.06 bits per heavy atom. The Kier molecular flexibility index (Phi) is 3.58. The van der Waals surface area contributed by atoms with Crippen LogP contribution in [0.5, 0.6) is 0 Å². The highest BCUT2D eigenvalue weighted by Gasteiger charge is 2.28. The van der Waals surface area contributed by atoms with Crippen LogP contribution in [0.4, 0.5) is 0 Å². The highest BCUT2D eigenvalue weighted by molar-refractivity contribution is 5.93. The van der Waals surface area contributed by atoms with Crippen LogP contribution in [-0.2, 0) is 4.74 Å². The molecule has 0 saturated heterocycles. The van der Waals surface area contributed by atoms with Crippen LogP contribution in [0.3, 0.4) is 0 Å². The number of pyridine rings is 1. The lowest BCUT2D eigenvalue weighted by atomic mass is 10.2. The molecule has 1 aromatic heterocycles.